The number of anilines is 1. The standard InChI is InChI=1S/C30H32N4O3S2/c1-19-10-11-23(21(3)16-19)34-30-26(27(32-34)22-8-6-5-7-9-22)29(28-20(2)12-15-38-28)39-18-25(36)33(30)17-24(35)31-13-14-37-4/h5-12,15-16,29H,13-14,17-18H2,1-4H3,(H,31,35)/t29-/m0/s1. The SMILES string of the molecule is COCCNC(=O)CN1C(=O)CS[C@H](c2sccc2C)c2c(-c3ccccc3)nn(-c3ccc(C)cc3C)c21. The molecular formula is C30H32N4O3S2. The van der Waals surface area contributed by atoms with E-state index in [1.807, 2.05) is 41.1 Å². The summed E-state index contributed by atoms with van der Waals surface area (Å²) in [4.78, 5) is 29.6. The number of aromatic nitrogens is 2. The molecule has 0 spiro atoms. The zero-order valence-electron chi connectivity index (χ0n) is 22.6. The molecule has 2 aromatic heterocycles. The third-order valence-electron chi connectivity index (χ3n) is 6.79. The van der Waals surface area contributed by atoms with E-state index in [4.69, 9.17) is 9.84 Å². The minimum Gasteiger partial charge on any atom is -0.383 e. The van der Waals surface area contributed by atoms with E-state index in [1.54, 1.807) is 35.1 Å². The maximum absolute atomic E-state index is 13.8. The number of amides is 2. The van der Waals surface area contributed by atoms with E-state index in [2.05, 4.69) is 49.7 Å². The van der Waals surface area contributed by atoms with Crippen LogP contribution in [0.4, 0.5) is 5.82 Å². The number of carbonyl (C=O) groups excluding carboxylic acids is 2. The van der Waals surface area contributed by atoms with Gasteiger partial charge in [0.25, 0.3) is 0 Å². The summed E-state index contributed by atoms with van der Waals surface area (Å²) in [7, 11) is 1.59. The second-order valence-corrected chi connectivity index (χ2v) is 11.7. The number of thiophene rings is 1. The lowest BCUT2D eigenvalue weighted by molar-refractivity contribution is -0.123. The number of hydrogen-bond acceptors (Lipinski definition) is 6. The summed E-state index contributed by atoms with van der Waals surface area (Å²) in [6.45, 7) is 6.89. The van der Waals surface area contributed by atoms with Crippen molar-refractivity contribution in [2.24, 2.45) is 0 Å². The Morgan fingerprint density at radius 3 is 2.59 bits per heavy atom. The van der Waals surface area contributed by atoms with E-state index < -0.39 is 0 Å². The summed E-state index contributed by atoms with van der Waals surface area (Å²) in [5.74, 6) is 0.543. The van der Waals surface area contributed by atoms with Gasteiger partial charge in [0.2, 0.25) is 11.8 Å². The van der Waals surface area contributed by atoms with E-state index in [9.17, 15) is 9.59 Å². The number of rotatable bonds is 8. The molecule has 1 atom stereocenters. The number of fused-ring (bicyclic) bond motifs is 1. The maximum Gasteiger partial charge on any atom is 0.240 e. The van der Waals surface area contributed by atoms with Crippen LogP contribution in [-0.2, 0) is 14.3 Å². The van der Waals surface area contributed by atoms with Crippen LogP contribution in [0.25, 0.3) is 16.9 Å². The van der Waals surface area contributed by atoms with Crippen molar-refractivity contribution in [3.05, 3.63) is 87.1 Å². The predicted octanol–water partition coefficient (Wildman–Crippen LogP) is 5.46. The quantitative estimate of drug-likeness (QED) is 0.290. The summed E-state index contributed by atoms with van der Waals surface area (Å²) < 4.78 is 6.96. The molecule has 5 rings (SSSR count). The first kappa shape index (κ1) is 27.2. The molecule has 0 fully saturated rings. The number of ether oxygens (including phenoxy) is 1. The highest BCUT2D eigenvalue weighted by atomic mass is 32.2. The number of hydrogen-bond donors (Lipinski definition) is 1. The number of nitrogens with one attached hydrogen (secondary N) is 1. The number of carbonyl (C=O) groups is 2. The van der Waals surface area contributed by atoms with Gasteiger partial charge in [-0.15, -0.1) is 23.1 Å². The summed E-state index contributed by atoms with van der Waals surface area (Å²) in [5, 5.41) is 10.0. The van der Waals surface area contributed by atoms with Crippen molar-refractivity contribution in [2.45, 2.75) is 26.0 Å². The van der Waals surface area contributed by atoms with Gasteiger partial charge in [0, 0.05) is 29.7 Å². The predicted molar refractivity (Wildman–Crippen MR) is 159 cm³/mol. The Morgan fingerprint density at radius 1 is 1.10 bits per heavy atom. The first-order valence-corrected chi connectivity index (χ1v) is 14.8. The van der Waals surface area contributed by atoms with Gasteiger partial charge in [0.1, 0.15) is 12.4 Å². The van der Waals surface area contributed by atoms with Crippen LogP contribution in [-0.4, -0.2) is 54.2 Å². The fourth-order valence-electron chi connectivity index (χ4n) is 4.89. The number of benzene rings is 2. The molecule has 2 aromatic carbocycles. The molecule has 4 aromatic rings. The van der Waals surface area contributed by atoms with Gasteiger partial charge < -0.3 is 10.1 Å². The van der Waals surface area contributed by atoms with E-state index >= 15 is 0 Å². The van der Waals surface area contributed by atoms with Gasteiger partial charge in [-0.25, -0.2) is 4.68 Å². The number of nitrogens with zero attached hydrogens (tertiary/aromatic N) is 3. The molecule has 0 radical (unpaired) electrons. The minimum atomic E-state index is -0.239. The zero-order valence-corrected chi connectivity index (χ0v) is 24.2. The fourth-order valence-corrected chi connectivity index (χ4v) is 7.36. The largest absolute Gasteiger partial charge is 0.383 e. The first-order valence-electron chi connectivity index (χ1n) is 12.9. The minimum absolute atomic E-state index is 0.100. The Bertz CT molecular complexity index is 1500. The van der Waals surface area contributed by atoms with Crippen LogP contribution in [0.2, 0.25) is 0 Å². The third kappa shape index (κ3) is 5.52. The molecule has 1 aliphatic rings. The summed E-state index contributed by atoms with van der Waals surface area (Å²) >= 11 is 3.29. The van der Waals surface area contributed by atoms with Crippen molar-refractivity contribution in [3.8, 4) is 16.9 Å². The van der Waals surface area contributed by atoms with Gasteiger partial charge in [0.15, 0.2) is 0 Å². The van der Waals surface area contributed by atoms with Gasteiger partial charge in [-0.3, -0.25) is 14.5 Å². The van der Waals surface area contributed by atoms with E-state index in [0.29, 0.717) is 19.0 Å². The molecule has 1 aliphatic heterocycles. The molecule has 202 valence electrons. The molecule has 0 unspecified atom stereocenters. The number of methoxy groups -OCH3 is 1. The molecule has 0 aliphatic carbocycles. The normalized spacial score (nSPS) is 15.2. The van der Waals surface area contributed by atoms with Gasteiger partial charge in [-0.05, 0) is 49.4 Å². The maximum atomic E-state index is 13.8. The van der Waals surface area contributed by atoms with Crippen molar-refractivity contribution < 1.29 is 14.3 Å². The third-order valence-corrected chi connectivity index (χ3v) is 9.24. The van der Waals surface area contributed by atoms with Crippen molar-refractivity contribution in [1.29, 1.82) is 0 Å². The lowest BCUT2D eigenvalue weighted by Gasteiger charge is -2.23. The Labute approximate surface area is 237 Å². The Kier molecular flexibility index (Phi) is 8.20. The van der Waals surface area contributed by atoms with E-state index in [0.717, 1.165) is 33.6 Å². The Morgan fingerprint density at radius 2 is 1.90 bits per heavy atom. The summed E-state index contributed by atoms with van der Waals surface area (Å²) in [6, 6.07) is 18.4. The van der Waals surface area contributed by atoms with Crippen molar-refractivity contribution >= 4 is 40.7 Å². The Hall–Kier alpha value is -3.40. The van der Waals surface area contributed by atoms with Crippen LogP contribution in [0.15, 0.2) is 60.0 Å². The molecule has 7 nitrogen and oxygen atoms in total. The molecule has 1 N–H and O–H groups in total. The van der Waals surface area contributed by atoms with Crippen LogP contribution >= 0.6 is 23.1 Å². The van der Waals surface area contributed by atoms with Gasteiger partial charge in [-0.1, -0.05) is 48.0 Å². The molecule has 0 saturated carbocycles. The first-order chi connectivity index (χ1) is 18.9. The van der Waals surface area contributed by atoms with Crippen molar-refractivity contribution in [2.75, 3.05) is 37.5 Å². The van der Waals surface area contributed by atoms with Crippen LogP contribution < -0.4 is 10.2 Å². The second-order valence-electron chi connectivity index (χ2n) is 9.64. The summed E-state index contributed by atoms with van der Waals surface area (Å²) in [6.07, 6.45) is 0. The van der Waals surface area contributed by atoms with Gasteiger partial charge >= 0.3 is 0 Å². The van der Waals surface area contributed by atoms with Crippen molar-refractivity contribution in [3.63, 3.8) is 0 Å². The summed E-state index contributed by atoms with van der Waals surface area (Å²) in [5.41, 5.74) is 6.98. The van der Waals surface area contributed by atoms with E-state index in [-0.39, 0.29) is 29.4 Å². The number of aryl methyl sites for hydroxylation is 3. The monoisotopic (exact) mass is 560 g/mol. The lowest BCUT2D eigenvalue weighted by Crippen LogP contribution is -2.43. The fraction of sp³-hybridized carbons (Fsp3) is 0.300. The zero-order chi connectivity index (χ0) is 27.5. The van der Waals surface area contributed by atoms with Crippen LogP contribution in [0.3, 0.4) is 0 Å². The van der Waals surface area contributed by atoms with E-state index in [1.165, 1.54) is 10.4 Å². The molecular weight excluding hydrogens is 528 g/mol. The molecule has 2 amide bonds. The highest BCUT2D eigenvalue weighted by Gasteiger charge is 2.38. The number of thioether (sulfide) groups is 1. The average molecular weight is 561 g/mol. The Balaban J connectivity index is 1.77. The lowest BCUT2D eigenvalue weighted by atomic mass is 10.0. The molecule has 0 bridgehead atoms. The second kappa shape index (κ2) is 11.8. The molecule has 3 heterocycles. The van der Waals surface area contributed by atoms with Crippen molar-refractivity contribution in [1.82, 2.24) is 15.1 Å². The molecule has 9 heteroatoms. The van der Waals surface area contributed by atoms with Crippen LogP contribution in [0.5, 0.6) is 0 Å². The van der Waals surface area contributed by atoms with Gasteiger partial charge in [0.05, 0.1) is 29.0 Å². The molecule has 39 heavy (non-hydrogen) atoms. The highest BCUT2D eigenvalue weighted by molar-refractivity contribution is 8.00. The molecule has 0 saturated heterocycles. The smallest absolute Gasteiger partial charge is 0.240 e. The van der Waals surface area contributed by atoms with Crippen LogP contribution in [0.1, 0.15) is 32.4 Å². The highest BCUT2D eigenvalue weighted by Crippen LogP contribution is 2.50. The topological polar surface area (TPSA) is 76.5 Å². The average Bonchev–Trinajstić information content (AvgIpc) is 3.49. The van der Waals surface area contributed by atoms with Crippen LogP contribution in [0, 0.1) is 20.8 Å². The van der Waals surface area contributed by atoms with Gasteiger partial charge in [-0.2, -0.15) is 5.10 Å².